The number of fused-ring (bicyclic) bond motifs is 5. The minimum absolute atomic E-state index is 0.0430. The van der Waals surface area contributed by atoms with Crippen LogP contribution >= 0.6 is 0 Å². The Morgan fingerprint density at radius 3 is 1.73 bits per heavy atom. The molecule has 0 amide bonds. The zero-order chi connectivity index (χ0) is 27.7. The van der Waals surface area contributed by atoms with E-state index in [0.29, 0.717) is 33.3 Å². The highest BCUT2D eigenvalue weighted by molar-refractivity contribution is 6.17. The van der Waals surface area contributed by atoms with Crippen molar-refractivity contribution < 1.29 is 9.13 Å². The largest absolute Gasteiger partial charge is 0.453 e. The maximum Gasteiger partial charge on any atom is 0.177 e. The van der Waals surface area contributed by atoms with Gasteiger partial charge in [-0.05, 0) is 59.7 Å². The van der Waals surface area contributed by atoms with Gasteiger partial charge in [0.15, 0.2) is 22.9 Å². The Balaban J connectivity index is 1.28. The molecule has 2 aliphatic rings. The molecule has 1 aliphatic heterocycles. The molecule has 2 heterocycles. The topological polar surface area (TPSA) is 85.8 Å². The number of hydrogen-bond donors (Lipinski definition) is 0. The fraction of sp³-hybridized carbons (Fsp3) is 0. The monoisotopic (exact) mass is 529 g/mol. The maximum absolute atomic E-state index is 15.6. The van der Waals surface area contributed by atoms with E-state index in [0.717, 1.165) is 39.7 Å². The van der Waals surface area contributed by atoms with Gasteiger partial charge >= 0.3 is 0 Å². The van der Waals surface area contributed by atoms with Crippen LogP contribution in [0.3, 0.4) is 0 Å². The third-order valence-corrected chi connectivity index (χ3v) is 7.60. The van der Waals surface area contributed by atoms with Crippen LogP contribution in [0.25, 0.3) is 44.4 Å². The summed E-state index contributed by atoms with van der Waals surface area (Å²) in [6.07, 6.45) is 0. The lowest BCUT2D eigenvalue weighted by atomic mass is 9.94. The van der Waals surface area contributed by atoms with Gasteiger partial charge in [-0.2, -0.15) is 10.5 Å². The predicted molar refractivity (Wildman–Crippen MR) is 154 cm³/mol. The first-order chi connectivity index (χ1) is 20.2. The number of hydrogen-bond acceptors (Lipinski definition) is 6. The number of anilines is 3. The van der Waals surface area contributed by atoms with Crippen molar-refractivity contribution in [1.29, 1.82) is 10.5 Å². The fourth-order valence-electron chi connectivity index (χ4n) is 5.83. The van der Waals surface area contributed by atoms with E-state index in [1.807, 2.05) is 97.1 Å². The van der Waals surface area contributed by atoms with Crippen LogP contribution in [0.2, 0.25) is 0 Å². The van der Waals surface area contributed by atoms with E-state index in [4.69, 9.17) is 4.74 Å². The van der Waals surface area contributed by atoms with Gasteiger partial charge in [-0.25, -0.2) is 14.4 Å². The lowest BCUT2D eigenvalue weighted by Gasteiger charge is -2.32. The summed E-state index contributed by atoms with van der Waals surface area (Å²) in [6.45, 7) is 0. The minimum Gasteiger partial charge on any atom is -0.453 e. The second-order valence-corrected chi connectivity index (χ2v) is 9.77. The number of aromatic nitrogens is 2. The second-order valence-electron chi connectivity index (χ2n) is 9.77. The molecule has 1 aliphatic carbocycles. The molecule has 0 N–H and O–H groups in total. The van der Waals surface area contributed by atoms with Crippen LogP contribution in [0.4, 0.5) is 21.5 Å². The van der Waals surface area contributed by atoms with Gasteiger partial charge in [0.05, 0.1) is 22.8 Å². The van der Waals surface area contributed by atoms with Gasteiger partial charge in [-0.3, -0.25) is 0 Å². The first-order valence-electron chi connectivity index (χ1n) is 12.9. The zero-order valence-corrected chi connectivity index (χ0v) is 21.3. The number of benzene rings is 5. The van der Waals surface area contributed by atoms with Crippen molar-refractivity contribution in [3.63, 3.8) is 0 Å². The van der Waals surface area contributed by atoms with Crippen molar-refractivity contribution in [1.82, 2.24) is 9.97 Å². The summed E-state index contributed by atoms with van der Waals surface area (Å²) in [5.74, 6) is 1.17. The first kappa shape index (κ1) is 22.9. The summed E-state index contributed by atoms with van der Waals surface area (Å²) in [7, 11) is 0. The molecule has 8 rings (SSSR count). The van der Waals surface area contributed by atoms with Crippen LogP contribution < -0.4 is 9.64 Å². The van der Waals surface area contributed by atoms with Gasteiger partial charge in [0, 0.05) is 27.6 Å². The summed E-state index contributed by atoms with van der Waals surface area (Å²) < 4.78 is 21.7. The van der Waals surface area contributed by atoms with Crippen LogP contribution in [0.15, 0.2) is 97.1 Å². The van der Waals surface area contributed by atoms with Crippen LogP contribution in [0, 0.1) is 28.5 Å². The highest BCUT2D eigenvalue weighted by Gasteiger charge is 2.29. The highest BCUT2D eigenvalue weighted by atomic mass is 19.1. The van der Waals surface area contributed by atoms with Crippen LogP contribution in [-0.4, -0.2) is 9.97 Å². The smallest absolute Gasteiger partial charge is 0.177 e. The van der Waals surface area contributed by atoms with Crippen LogP contribution in [-0.2, 0) is 0 Å². The van der Waals surface area contributed by atoms with Gasteiger partial charge < -0.3 is 9.64 Å². The number of ether oxygens (including phenoxy) is 1. The Hall–Kier alpha value is -6.05. The van der Waals surface area contributed by atoms with E-state index in [1.165, 1.54) is 6.07 Å². The van der Waals surface area contributed by atoms with Gasteiger partial charge in [-0.15, -0.1) is 0 Å². The normalized spacial score (nSPS) is 12.1. The summed E-state index contributed by atoms with van der Waals surface area (Å²) in [5, 5.41) is 20.1. The Bertz CT molecular complexity index is 2080. The van der Waals surface area contributed by atoms with Gasteiger partial charge in [-0.1, -0.05) is 48.5 Å². The van der Waals surface area contributed by atoms with Crippen molar-refractivity contribution in [3.05, 3.63) is 114 Å². The molecule has 1 aromatic heterocycles. The zero-order valence-electron chi connectivity index (χ0n) is 21.3. The Morgan fingerprint density at radius 1 is 0.610 bits per heavy atom. The quantitative estimate of drug-likeness (QED) is 0.223. The first-order valence-corrected chi connectivity index (χ1v) is 12.9. The molecule has 6 nitrogen and oxygen atoms in total. The van der Waals surface area contributed by atoms with Crippen molar-refractivity contribution in [2.45, 2.75) is 0 Å². The Kier molecular flexibility index (Phi) is 4.73. The van der Waals surface area contributed by atoms with Crippen molar-refractivity contribution >= 4 is 27.8 Å². The molecule has 7 heteroatoms. The number of nitrogens with zero attached hydrogens (tertiary/aromatic N) is 5. The maximum atomic E-state index is 15.6. The molecule has 0 bridgehead atoms. The molecule has 41 heavy (non-hydrogen) atoms. The van der Waals surface area contributed by atoms with Gasteiger partial charge in [0.1, 0.15) is 18.0 Å². The summed E-state index contributed by atoms with van der Waals surface area (Å²) in [5.41, 5.74) is 6.65. The SMILES string of the molecule is N#Cc1nc2c(nc1C#N)-c1ccc(-c3ccc(N4c5ccccc5Oc5ccccc54)cc3)c3c(F)ccc-2c13. The minimum atomic E-state index is -0.366. The Labute approximate surface area is 233 Å². The average molecular weight is 530 g/mol. The standard InChI is InChI=1S/C34H16FN5O/c35-24-16-15-23-31-22(33-34(23)39-26(18-37)25(17-36)38-33)14-13-21(32(24)31)19-9-11-20(12-10-19)40-27-5-1-3-7-29(27)41-30-8-4-2-6-28(30)40/h1-16H. The second kappa shape index (κ2) is 8.47. The molecule has 0 saturated carbocycles. The lowest BCUT2D eigenvalue weighted by molar-refractivity contribution is 0.477. The van der Waals surface area contributed by atoms with E-state index in [1.54, 1.807) is 6.07 Å². The number of rotatable bonds is 2. The molecule has 0 atom stereocenters. The molecular weight excluding hydrogens is 513 g/mol. The number of halogens is 1. The average Bonchev–Trinajstić information content (AvgIpc) is 3.34. The Morgan fingerprint density at radius 2 is 1.15 bits per heavy atom. The number of para-hydroxylation sites is 4. The number of nitriles is 2. The molecule has 0 unspecified atom stereocenters. The fourth-order valence-corrected chi connectivity index (χ4v) is 5.83. The molecule has 190 valence electrons. The summed E-state index contributed by atoms with van der Waals surface area (Å²) in [6, 6.07) is 34.5. The van der Waals surface area contributed by atoms with E-state index >= 15 is 4.39 Å². The molecule has 0 saturated heterocycles. The molecule has 5 aromatic carbocycles. The third kappa shape index (κ3) is 3.21. The van der Waals surface area contributed by atoms with Crippen molar-refractivity contribution in [2.24, 2.45) is 0 Å². The molecule has 0 fully saturated rings. The summed E-state index contributed by atoms with van der Waals surface area (Å²) in [4.78, 5) is 11.0. The third-order valence-electron chi connectivity index (χ3n) is 7.60. The van der Waals surface area contributed by atoms with E-state index in [-0.39, 0.29) is 17.2 Å². The molecular formula is C34H16FN5O. The van der Waals surface area contributed by atoms with Crippen LogP contribution in [0.5, 0.6) is 11.5 Å². The van der Waals surface area contributed by atoms with E-state index < -0.39 is 0 Å². The van der Waals surface area contributed by atoms with E-state index in [2.05, 4.69) is 14.9 Å². The van der Waals surface area contributed by atoms with E-state index in [9.17, 15) is 10.5 Å². The van der Waals surface area contributed by atoms with Gasteiger partial charge in [0.25, 0.3) is 0 Å². The lowest BCUT2D eigenvalue weighted by Crippen LogP contribution is -2.15. The van der Waals surface area contributed by atoms with Crippen molar-refractivity contribution in [3.8, 4) is 57.3 Å². The summed E-state index contributed by atoms with van der Waals surface area (Å²) >= 11 is 0. The van der Waals surface area contributed by atoms with Gasteiger partial charge in [0.2, 0.25) is 0 Å². The molecule has 6 aromatic rings. The predicted octanol–water partition coefficient (Wildman–Crippen LogP) is 8.40. The molecule has 0 spiro atoms. The highest BCUT2D eigenvalue weighted by Crippen LogP contribution is 2.51. The van der Waals surface area contributed by atoms with Crippen molar-refractivity contribution in [2.75, 3.05) is 4.90 Å². The van der Waals surface area contributed by atoms with Crippen LogP contribution in [0.1, 0.15) is 11.4 Å². The molecule has 0 radical (unpaired) electrons.